The molecule has 0 unspecified atom stereocenters. The van der Waals surface area contributed by atoms with Crippen LogP contribution in [0.25, 0.3) is 33.0 Å². The summed E-state index contributed by atoms with van der Waals surface area (Å²) in [6.45, 7) is 3.86. The molecule has 0 bridgehead atoms. The highest BCUT2D eigenvalue weighted by Gasteiger charge is 2.15. The van der Waals surface area contributed by atoms with Crippen molar-refractivity contribution < 1.29 is 8.81 Å². The molecule has 0 spiro atoms. The monoisotopic (exact) mass is 307 g/mol. The summed E-state index contributed by atoms with van der Waals surface area (Å²) in [5.74, 6) is -0.346. The molecule has 0 radical (unpaired) electrons. The lowest BCUT2D eigenvalue weighted by atomic mass is 9.97. The summed E-state index contributed by atoms with van der Waals surface area (Å²) in [5, 5.41) is 1.78. The number of aryl methyl sites for hydroxylation is 2. The molecule has 4 heteroatoms. The Kier molecular flexibility index (Phi) is 2.88. The van der Waals surface area contributed by atoms with Crippen molar-refractivity contribution in [2.75, 3.05) is 0 Å². The van der Waals surface area contributed by atoms with Crippen LogP contribution in [-0.2, 0) is 0 Å². The fourth-order valence-corrected chi connectivity index (χ4v) is 3.10. The second-order valence-electron chi connectivity index (χ2n) is 5.75. The molecule has 2 heterocycles. The van der Waals surface area contributed by atoms with Crippen LogP contribution in [0.4, 0.5) is 4.39 Å². The Bertz CT molecular complexity index is 1120. The number of aromatic amines is 1. The smallest absolute Gasteiger partial charge is 0.249 e. The molecule has 4 rings (SSSR count). The minimum absolute atomic E-state index is 0.263. The Hall–Kier alpha value is -2.88. The number of rotatable bonds is 1. The Morgan fingerprint density at radius 1 is 1.04 bits per heavy atom. The number of aromatic nitrogens is 1. The normalized spacial score (nSPS) is 11.4. The van der Waals surface area contributed by atoms with Crippen molar-refractivity contribution in [3.8, 4) is 11.1 Å². The summed E-state index contributed by atoms with van der Waals surface area (Å²) < 4.78 is 19.8. The first kappa shape index (κ1) is 13.8. The van der Waals surface area contributed by atoms with E-state index in [9.17, 15) is 9.18 Å². The number of fused-ring (bicyclic) bond motifs is 2. The standard InChI is InChI=1S/C19H14FNO2/c1-10-9-23-19-11(2)18-15(7-13(10)19)14(8-17(22)21-18)12-5-3-4-6-16(12)20/h3-9H,1-2H3,(H,21,22). The number of hydrogen-bond donors (Lipinski definition) is 1. The lowest BCUT2D eigenvalue weighted by Gasteiger charge is -2.10. The average molecular weight is 307 g/mol. The molecule has 1 N–H and O–H groups in total. The molecule has 0 saturated carbocycles. The molecule has 0 saturated heterocycles. The van der Waals surface area contributed by atoms with Crippen LogP contribution in [0, 0.1) is 19.7 Å². The van der Waals surface area contributed by atoms with Crippen molar-refractivity contribution in [1.82, 2.24) is 4.98 Å². The van der Waals surface area contributed by atoms with Crippen LogP contribution in [0.1, 0.15) is 11.1 Å². The first-order valence-corrected chi connectivity index (χ1v) is 7.35. The van der Waals surface area contributed by atoms with Crippen LogP contribution in [0.15, 0.2) is 51.9 Å². The van der Waals surface area contributed by atoms with E-state index in [1.54, 1.807) is 24.5 Å². The van der Waals surface area contributed by atoms with Gasteiger partial charge in [0.05, 0.1) is 11.8 Å². The van der Waals surface area contributed by atoms with Gasteiger partial charge in [0.1, 0.15) is 11.4 Å². The van der Waals surface area contributed by atoms with E-state index in [-0.39, 0.29) is 11.4 Å². The van der Waals surface area contributed by atoms with Gasteiger partial charge in [-0.05, 0) is 37.1 Å². The molecule has 2 aromatic carbocycles. The third kappa shape index (κ3) is 1.99. The summed E-state index contributed by atoms with van der Waals surface area (Å²) in [6.07, 6.45) is 1.69. The van der Waals surface area contributed by atoms with Gasteiger partial charge in [-0.2, -0.15) is 0 Å². The summed E-state index contributed by atoms with van der Waals surface area (Å²) in [4.78, 5) is 14.9. The van der Waals surface area contributed by atoms with E-state index >= 15 is 0 Å². The zero-order valence-corrected chi connectivity index (χ0v) is 12.7. The summed E-state index contributed by atoms with van der Waals surface area (Å²) in [6, 6.07) is 9.88. The zero-order chi connectivity index (χ0) is 16.1. The fraction of sp³-hybridized carbons (Fsp3) is 0.105. The van der Waals surface area contributed by atoms with Crippen LogP contribution in [0.5, 0.6) is 0 Å². The van der Waals surface area contributed by atoms with E-state index in [1.807, 2.05) is 19.9 Å². The number of H-pyrrole nitrogens is 1. The largest absolute Gasteiger partial charge is 0.464 e. The van der Waals surface area contributed by atoms with Gasteiger partial charge in [-0.25, -0.2) is 4.39 Å². The minimum atomic E-state index is -0.346. The van der Waals surface area contributed by atoms with Crippen molar-refractivity contribution in [2.24, 2.45) is 0 Å². The van der Waals surface area contributed by atoms with Gasteiger partial charge in [0.2, 0.25) is 5.56 Å². The van der Waals surface area contributed by atoms with Gasteiger partial charge in [0.15, 0.2) is 0 Å². The SMILES string of the molecule is Cc1coc2c(C)c3[nH]c(=O)cc(-c4ccccc4F)c3cc12. The molecular weight excluding hydrogens is 293 g/mol. The molecule has 4 aromatic rings. The van der Waals surface area contributed by atoms with Crippen LogP contribution < -0.4 is 5.56 Å². The van der Waals surface area contributed by atoms with Gasteiger partial charge in [-0.15, -0.1) is 0 Å². The van der Waals surface area contributed by atoms with Crippen molar-refractivity contribution in [1.29, 1.82) is 0 Å². The Labute approximate surface area is 131 Å². The van der Waals surface area contributed by atoms with Crippen LogP contribution >= 0.6 is 0 Å². The predicted molar refractivity (Wildman–Crippen MR) is 89.2 cm³/mol. The number of furan rings is 1. The van der Waals surface area contributed by atoms with E-state index in [4.69, 9.17) is 4.42 Å². The molecule has 114 valence electrons. The quantitative estimate of drug-likeness (QED) is 0.554. The minimum Gasteiger partial charge on any atom is -0.464 e. The van der Waals surface area contributed by atoms with Gasteiger partial charge in [0.25, 0.3) is 0 Å². The number of benzene rings is 2. The predicted octanol–water partition coefficient (Wildman–Crippen LogP) is 4.70. The first-order valence-electron chi connectivity index (χ1n) is 7.35. The third-order valence-electron chi connectivity index (χ3n) is 4.27. The van der Waals surface area contributed by atoms with E-state index in [2.05, 4.69) is 4.98 Å². The highest BCUT2D eigenvalue weighted by Crippen LogP contribution is 2.35. The molecule has 0 amide bonds. The van der Waals surface area contributed by atoms with Gasteiger partial charge in [0, 0.05) is 28.0 Å². The fourth-order valence-electron chi connectivity index (χ4n) is 3.10. The van der Waals surface area contributed by atoms with Crippen molar-refractivity contribution in [3.63, 3.8) is 0 Å². The van der Waals surface area contributed by atoms with Gasteiger partial charge >= 0.3 is 0 Å². The maximum atomic E-state index is 14.2. The lowest BCUT2D eigenvalue weighted by molar-refractivity contribution is 0.611. The second kappa shape index (κ2) is 4.81. The molecule has 3 nitrogen and oxygen atoms in total. The topological polar surface area (TPSA) is 46.0 Å². The maximum absolute atomic E-state index is 14.2. The number of pyridine rings is 1. The van der Waals surface area contributed by atoms with Crippen molar-refractivity contribution in [3.05, 3.63) is 70.0 Å². The zero-order valence-electron chi connectivity index (χ0n) is 12.7. The molecule has 0 aliphatic heterocycles. The second-order valence-corrected chi connectivity index (χ2v) is 5.75. The lowest BCUT2D eigenvalue weighted by Crippen LogP contribution is -2.06. The van der Waals surface area contributed by atoms with Gasteiger partial charge in [-0.3, -0.25) is 4.79 Å². The molecule has 2 aromatic heterocycles. The number of halogens is 1. The van der Waals surface area contributed by atoms with Crippen LogP contribution in [0.3, 0.4) is 0 Å². The third-order valence-corrected chi connectivity index (χ3v) is 4.27. The summed E-state index contributed by atoms with van der Waals surface area (Å²) in [5.41, 5.74) is 4.03. The number of hydrogen-bond acceptors (Lipinski definition) is 2. The van der Waals surface area contributed by atoms with E-state index in [1.165, 1.54) is 12.1 Å². The van der Waals surface area contributed by atoms with E-state index < -0.39 is 0 Å². The van der Waals surface area contributed by atoms with Crippen molar-refractivity contribution >= 4 is 21.9 Å². The van der Waals surface area contributed by atoms with Crippen LogP contribution in [-0.4, -0.2) is 4.98 Å². The molecule has 0 fully saturated rings. The molecule has 23 heavy (non-hydrogen) atoms. The van der Waals surface area contributed by atoms with E-state index in [0.717, 1.165) is 27.5 Å². The molecular formula is C19H14FNO2. The van der Waals surface area contributed by atoms with E-state index in [0.29, 0.717) is 16.6 Å². The maximum Gasteiger partial charge on any atom is 0.249 e. The van der Waals surface area contributed by atoms with Gasteiger partial charge < -0.3 is 9.40 Å². The number of nitrogens with one attached hydrogen (secondary N) is 1. The van der Waals surface area contributed by atoms with Crippen LogP contribution in [0.2, 0.25) is 0 Å². The highest BCUT2D eigenvalue weighted by molar-refractivity contribution is 6.05. The van der Waals surface area contributed by atoms with Crippen molar-refractivity contribution in [2.45, 2.75) is 13.8 Å². The van der Waals surface area contributed by atoms with Gasteiger partial charge in [-0.1, -0.05) is 18.2 Å². The first-order chi connectivity index (χ1) is 11.1. The molecule has 0 aliphatic rings. The Balaban J connectivity index is 2.22. The Morgan fingerprint density at radius 2 is 1.83 bits per heavy atom. The summed E-state index contributed by atoms with van der Waals surface area (Å²) >= 11 is 0. The molecule has 0 atom stereocenters. The Morgan fingerprint density at radius 3 is 2.61 bits per heavy atom. The molecule has 0 aliphatic carbocycles. The summed E-state index contributed by atoms with van der Waals surface area (Å²) in [7, 11) is 0. The highest BCUT2D eigenvalue weighted by atomic mass is 19.1. The average Bonchev–Trinajstić information content (AvgIpc) is 2.90.